The van der Waals surface area contributed by atoms with Crippen LogP contribution in [0.15, 0.2) is 54.6 Å². The highest BCUT2D eigenvalue weighted by molar-refractivity contribution is 6.30. The summed E-state index contributed by atoms with van der Waals surface area (Å²) in [4.78, 5) is 2.46. The molecule has 0 bridgehead atoms. The lowest BCUT2D eigenvalue weighted by Crippen LogP contribution is -2.44. The highest BCUT2D eigenvalue weighted by atomic mass is 35.5. The second kappa shape index (κ2) is 7.23. The molecule has 1 aliphatic heterocycles. The molecule has 0 aromatic heterocycles. The number of hydrogen-bond acceptors (Lipinski definition) is 1. The molecule has 2 heteroatoms. The van der Waals surface area contributed by atoms with Crippen LogP contribution in [0.2, 0.25) is 5.02 Å². The summed E-state index contributed by atoms with van der Waals surface area (Å²) in [6, 6.07) is 16.8. The zero-order chi connectivity index (χ0) is 17.0. The zero-order valence-electron chi connectivity index (χ0n) is 14.7. The molecule has 0 spiro atoms. The Bertz CT molecular complexity index is 683. The molecule has 1 nitrogen and oxygen atoms in total. The summed E-state index contributed by atoms with van der Waals surface area (Å²) in [7, 11) is 0. The van der Waals surface area contributed by atoms with Crippen LogP contribution in [0.25, 0.3) is 5.57 Å². The van der Waals surface area contributed by atoms with Crippen molar-refractivity contribution in [2.75, 3.05) is 4.90 Å². The summed E-state index contributed by atoms with van der Waals surface area (Å²) < 4.78 is 0. The molecule has 3 rings (SSSR count). The van der Waals surface area contributed by atoms with E-state index in [4.69, 9.17) is 11.6 Å². The average molecular weight is 328 g/mol. The molecule has 1 heterocycles. The van der Waals surface area contributed by atoms with E-state index in [0.717, 1.165) is 11.6 Å². The van der Waals surface area contributed by atoms with Gasteiger partial charge in [-0.3, -0.25) is 0 Å². The van der Waals surface area contributed by atoms with Gasteiger partial charge < -0.3 is 4.90 Å². The summed E-state index contributed by atoms with van der Waals surface area (Å²) in [6.07, 6.45) is 2.35. The summed E-state index contributed by atoms with van der Waals surface area (Å²) in [5, 5.41) is 0.785. The first-order valence-electron chi connectivity index (χ1n) is 8.28. The number of nitrogens with zero attached hydrogens (tertiary/aromatic N) is 1. The van der Waals surface area contributed by atoms with Crippen molar-refractivity contribution in [3.8, 4) is 0 Å². The van der Waals surface area contributed by atoms with Gasteiger partial charge in [-0.25, -0.2) is 0 Å². The van der Waals surface area contributed by atoms with Gasteiger partial charge in [0.05, 0.1) is 5.54 Å². The van der Waals surface area contributed by atoms with Gasteiger partial charge in [-0.2, -0.15) is 0 Å². The van der Waals surface area contributed by atoms with E-state index in [-0.39, 0.29) is 5.54 Å². The Labute approximate surface area is 145 Å². The topological polar surface area (TPSA) is 3.24 Å². The molecule has 2 aromatic rings. The summed E-state index contributed by atoms with van der Waals surface area (Å²) in [6.45, 7) is 11.6. The lowest BCUT2D eigenvalue weighted by molar-refractivity contribution is 0.552. The van der Waals surface area contributed by atoms with E-state index < -0.39 is 0 Å². The molecule has 0 aliphatic carbocycles. The fraction of sp³-hybridized carbons (Fsp3) is 0.333. The first-order valence-corrected chi connectivity index (χ1v) is 8.66. The Morgan fingerprint density at radius 3 is 2.22 bits per heavy atom. The van der Waals surface area contributed by atoms with Crippen molar-refractivity contribution in [2.24, 2.45) is 0 Å². The van der Waals surface area contributed by atoms with Crippen molar-refractivity contribution < 1.29 is 0 Å². The molecule has 0 amide bonds. The Balaban J connectivity index is 0.000000924. The number of para-hydroxylation sites is 1. The highest BCUT2D eigenvalue weighted by Crippen LogP contribution is 2.39. The minimum absolute atomic E-state index is 0.00191. The van der Waals surface area contributed by atoms with E-state index in [1.807, 2.05) is 26.0 Å². The molecule has 0 fully saturated rings. The third-order valence-electron chi connectivity index (χ3n) is 4.14. The second-order valence-electron chi connectivity index (χ2n) is 6.21. The van der Waals surface area contributed by atoms with E-state index in [1.165, 1.54) is 22.4 Å². The normalized spacial score (nSPS) is 15.2. The van der Waals surface area contributed by atoms with Gasteiger partial charge in [-0.05, 0) is 50.1 Å². The molecule has 0 saturated heterocycles. The summed E-state index contributed by atoms with van der Waals surface area (Å²) >= 11 is 5.99. The van der Waals surface area contributed by atoms with Crippen LogP contribution in [0.5, 0.6) is 0 Å². The van der Waals surface area contributed by atoms with Gasteiger partial charge in [0.1, 0.15) is 0 Å². The fourth-order valence-electron chi connectivity index (χ4n) is 3.10. The molecule has 0 radical (unpaired) electrons. The molecule has 1 aliphatic rings. The van der Waals surface area contributed by atoms with Gasteiger partial charge in [0, 0.05) is 22.8 Å². The van der Waals surface area contributed by atoms with Crippen LogP contribution < -0.4 is 4.90 Å². The lowest BCUT2D eigenvalue weighted by Gasteiger charge is -2.43. The zero-order valence-corrected chi connectivity index (χ0v) is 15.5. The number of allylic oxidation sites excluding steroid dienone is 1. The molecule has 2 aromatic carbocycles. The molecule has 23 heavy (non-hydrogen) atoms. The third kappa shape index (κ3) is 3.79. The van der Waals surface area contributed by atoms with Crippen molar-refractivity contribution >= 4 is 22.9 Å². The molecule has 0 saturated carbocycles. The number of benzene rings is 2. The van der Waals surface area contributed by atoms with E-state index >= 15 is 0 Å². The van der Waals surface area contributed by atoms with Crippen LogP contribution in [-0.2, 0) is 6.54 Å². The Hall–Kier alpha value is -1.73. The predicted molar refractivity (Wildman–Crippen MR) is 103 cm³/mol. The van der Waals surface area contributed by atoms with Crippen LogP contribution in [0.3, 0.4) is 0 Å². The van der Waals surface area contributed by atoms with Gasteiger partial charge in [0.25, 0.3) is 0 Å². The minimum Gasteiger partial charge on any atom is -0.358 e. The predicted octanol–water partition coefficient (Wildman–Crippen LogP) is 6.57. The number of halogens is 1. The quantitative estimate of drug-likeness (QED) is 0.603. The second-order valence-corrected chi connectivity index (χ2v) is 6.65. The number of hydrogen-bond donors (Lipinski definition) is 0. The minimum atomic E-state index is -0.00191. The largest absolute Gasteiger partial charge is 0.358 e. The smallest absolute Gasteiger partial charge is 0.0538 e. The maximum atomic E-state index is 5.99. The van der Waals surface area contributed by atoms with E-state index in [1.54, 1.807) is 0 Å². The highest BCUT2D eigenvalue weighted by Gasteiger charge is 2.30. The Morgan fingerprint density at radius 2 is 1.57 bits per heavy atom. The first-order chi connectivity index (χ1) is 11.0. The molecule has 0 N–H and O–H groups in total. The van der Waals surface area contributed by atoms with Crippen LogP contribution in [0, 0.1) is 0 Å². The van der Waals surface area contributed by atoms with Gasteiger partial charge in [0.15, 0.2) is 0 Å². The van der Waals surface area contributed by atoms with Crippen molar-refractivity contribution in [1.82, 2.24) is 0 Å². The SMILES string of the molecule is CC.CC1=CC(C)(C)N(Cc2ccc(Cl)cc2)c2ccccc21. The molecular weight excluding hydrogens is 302 g/mol. The van der Waals surface area contributed by atoms with Crippen molar-refractivity contribution in [3.63, 3.8) is 0 Å². The van der Waals surface area contributed by atoms with Gasteiger partial charge in [-0.1, -0.05) is 61.9 Å². The van der Waals surface area contributed by atoms with Crippen LogP contribution >= 0.6 is 11.6 Å². The van der Waals surface area contributed by atoms with Crippen LogP contribution in [0.4, 0.5) is 5.69 Å². The summed E-state index contributed by atoms with van der Waals surface area (Å²) in [5.74, 6) is 0. The van der Waals surface area contributed by atoms with Gasteiger partial charge >= 0.3 is 0 Å². The molecule has 0 unspecified atom stereocenters. The molecule has 0 atom stereocenters. The molecule has 122 valence electrons. The third-order valence-corrected chi connectivity index (χ3v) is 4.39. The Kier molecular flexibility index (Phi) is 5.54. The molecular formula is C21H26ClN. The Morgan fingerprint density at radius 1 is 0.957 bits per heavy atom. The summed E-state index contributed by atoms with van der Waals surface area (Å²) in [5.41, 5.74) is 5.25. The van der Waals surface area contributed by atoms with Gasteiger partial charge in [0.2, 0.25) is 0 Å². The van der Waals surface area contributed by atoms with E-state index in [9.17, 15) is 0 Å². The standard InChI is InChI=1S/C19H20ClN.C2H6/c1-14-12-19(2,3)21(18-7-5-4-6-17(14)18)13-15-8-10-16(20)11-9-15;1-2/h4-12H,13H2,1-3H3;1-2H3. The van der Waals surface area contributed by atoms with Crippen molar-refractivity contribution in [1.29, 1.82) is 0 Å². The first kappa shape index (κ1) is 17.6. The van der Waals surface area contributed by atoms with Crippen molar-refractivity contribution in [3.05, 3.63) is 70.8 Å². The van der Waals surface area contributed by atoms with Crippen LogP contribution in [-0.4, -0.2) is 5.54 Å². The van der Waals surface area contributed by atoms with Crippen molar-refractivity contribution in [2.45, 2.75) is 46.7 Å². The lowest BCUT2D eigenvalue weighted by atomic mass is 9.88. The van der Waals surface area contributed by atoms with E-state index in [2.05, 4.69) is 68.1 Å². The van der Waals surface area contributed by atoms with Gasteiger partial charge in [-0.15, -0.1) is 0 Å². The number of rotatable bonds is 2. The fourth-order valence-corrected chi connectivity index (χ4v) is 3.23. The number of fused-ring (bicyclic) bond motifs is 1. The maximum absolute atomic E-state index is 5.99. The van der Waals surface area contributed by atoms with E-state index in [0.29, 0.717) is 0 Å². The van der Waals surface area contributed by atoms with Crippen LogP contribution in [0.1, 0.15) is 45.7 Å². The monoisotopic (exact) mass is 327 g/mol. The maximum Gasteiger partial charge on any atom is 0.0538 e. The average Bonchev–Trinajstić information content (AvgIpc) is 2.55. The number of anilines is 1.